The van der Waals surface area contributed by atoms with E-state index in [-0.39, 0.29) is 24.4 Å². The molecule has 0 radical (unpaired) electrons. The third kappa shape index (κ3) is 11.0. The highest BCUT2D eigenvalue weighted by Gasteiger charge is 2.33. The Morgan fingerprint density at radius 2 is 1.63 bits per heavy atom. The molecule has 214 valence electrons. The quantitative estimate of drug-likeness (QED) is 0.285. The van der Waals surface area contributed by atoms with Crippen molar-refractivity contribution in [2.75, 3.05) is 13.1 Å². The summed E-state index contributed by atoms with van der Waals surface area (Å²) in [6.45, 7) is 11.8. The van der Waals surface area contributed by atoms with Gasteiger partial charge in [-0.05, 0) is 70.6 Å². The second-order valence-corrected chi connectivity index (χ2v) is 11.8. The van der Waals surface area contributed by atoms with Gasteiger partial charge >= 0.3 is 6.09 Å². The van der Waals surface area contributed by atoms with Crippen LogP contribution in [0, 0.1) is 13.8 Å². The number of hydrogen-bond donors (Lipinski definition) is 2. The summed E-state index contributed by atoms with van der Waals surface area (Å²) >= 11 is 0. The molecule has 2 rings (SSSR count). The first-order valence-electron chi connectivity index (χ1n) is 14.7. The van der Waals surface area contributed by atoms with Gasteiger partial charge < -0.3 is 20.3 Å². The second kappa shape index (κ2) is 15.7. The largest absolute Gasteiger partial charge is 0.444 e. The molecule has 3 amide bonds. The molecule has 0 aromatic heterocycles. The van der Waals surface area contributed by atoms with Crippen LogP contribution in [0.2, 0.25) is 0 Å². The molecule has 0 aliphatic heterocycles. The molecule has 38 heavy (non-hydrogen) atoms. The van der Waals surface area contributed by atoms with Crippen LogP contribution in [0.1, 0.15) is 121 Å². The molecule has 0 spiro atoms. The van der Waals surface area contributed by atoms with Gasteiger partial charge in [0, 0.05) is 12.6 Å². The van der Waals surface area contributed by atoms with Crippen LogP contribution >= 0.6 is 0 Å². The molecule has 1 unspecified atom stereocenters. The van der Waals surface area contributed by atoms with Crippen LogP contribution in [0.25, 0.3) is 0 Å². The number of alkyl carbamates (subject to hydrolysis) is 1. The Hall–Kier alpha value is -2.57. The van der Waals surface area contributed by atoms with Crippen LogP contribution in [-0.2, 0) is 14.3 Å². The molecule has 1 aromatic rings. The molecule has 0 heterocycles. The van der Waals surface area contributed by atoms with Gasteiger partial charge in [0.2, 0.25) is 11.8 Å². The Labute approximate surface area is 230 Å². The standard InChI is InChI=1S/C31H51N3O4/c1-7-8-9-10-11-15-20-34(27(35)22-32-30(37)38-31(4,5)6)28(25-19-18-23(2)24(3)21-25)29(36)33-26-16-13-12-14-17-26/h18-19,21,26,28H,7-17,20,22H2,1-6H3,(H,32,37)(H,33,36). The lowest BCUT2D eigenvalue weighted by Crippen LogP contribution is -2.50. The van der Waals surface area contributed by atoms with Crippen LogP contribution < -0.4 is 10.6 Å². The van der Waals surface area contributed by atoms with E-state index in [1.807, 2.05) is 32.0 Å². The van der Waals surface area contributed by atoms with Crippen LogP contribution in [-0.4, -0.2) is 47.5 Å². The number of nitrogens with zero attached hydrogens (tertiary/aromatic N) is 1. The number of aryl methyl sites for hydroxylation is 2. The number of rotatable bonds is 13. The lowest BCUT2D eigenvalue weighted by molar-refractivity contribution is -0.140. The molecular formula is C31H51N3O4. The van der Waals surface area contributed by atoms with E-state index in [0.29, 0.717) is 6.54 Å². The first-order chi connectivity index (χ1) is 18.0. The molecule has 1 saturated carbocycles. The van der Waals surface area contributed by atoms with Crippen LogP contribution in [0.15, 0.2) is 18.2 Å². The van der Waals surface area contributed by atoms with Gasteiger partial charge in [-0.3, -0.25) is 9.59 Å². The van der Waals surface area contributed by atoms with Crippen molar-refractivity contribution < 1.29 is 19.1 Å². The van der Waals surface area contributed by atoms with E-state index in [1.54, 1.807) is 25.7 Å². The van der Waals surface area contributed by atoms with Gasteiger partial charge in [-0.25, -0.2) is 4.79 Å². The predicted molar refractivity (Wildman–Crippen MR) is 153 cm³/mol. The van der Waals surface area contributed by atoms with E-state index >= 15 is 0 Å². The summed E-state index contributed by atoms with van der Waals surface area (Å²) in [5.41, 5.74) is 2.36. The fourth-order valence-electron chi connectivity index (χ4n) is 4.96. The highest BCUT2D eigenvalue weighted by molar-refractivity contribution is 5.90. The highest BCUT2D eigenvalue weighted by atomic mass is 16.6. The van der Waals surface area contributed by atoms with Gasteiger partial charge in [0.15, 0.2) is 0 Å². The number of amides is 3. The summed E-state index contributed by atoms with van der Waals surface area (Å²) in [6, 6.07) is 5.37. The summed E-state index contributed by atoms with van der Waals surface area (Å²) in [7, 11) is 0. The van der Waals surface area contributed by atoms with Gasteiger partial charge in [0.05, 0.1) is 0 Å². The molecule has 1 fully saturated rings. The van der Waals surface area contributed by atoms with Crippen molar-refractivity contribution in [3.63, 3.8) is 0 Å². The molecule has 2 N–H and O–H groups in total. The Morgan fingerprint density at radius 3 is 2.26 bits per heavy atom. The van der Waals surface area contributed by atoms with E-state index in [1.165, 1.54) is 25.7 Å². The highest BCUT2D eigenvalue weighted by Crippen LogP contribution is 2.26. The zero-order chi connectivity index (χ0) is 28.1. The van der Waals surface area contributed by atoms with Crippen LogP contribution in [0.5, 0.6) is 0 Å². The van der Waals surface area contributed by atoms with Crippen LogP contribution in [0.3, 0.4) is 0 Å². The van der Waals surface area contributed by atoms with Crippen molar-refractivity contribution in [3.8, 4) is 0 Å². The minimum atomic E-state index is -0.750. The first-order valence-corrected chi connectivity index (χ1v) is 14.7. The minimum absolute atomic E-state index is 0.135. The Bertz CT molecular complexity index is 903. The zero-order valence-electron chi connectivity index (χ0n) is 24.7. The fourth-order valence-corrected chi connectivity index (χ4v) is 4.96. The average molecular weight is 530 g/mol. The van der Waals surface area contributed by atoms with Crippen molar-refractivity contribution in [2.24, 2.45) is 0 Å². The molecule has 1 aliphatic carbocycles. The summed E-state index contributed by atoms with van der Waals surface area (Å²) in [6.07, 6.45) is 11.2. The predicted octanol–water partition coefficient (Wildman–Crippen LogP) is 6.51. The zero-order valence-corrected chi connectivity index (χ0v) is 24.7. The van der Waals surface area contributed by atoms with Gasteiger partial charge in [-0.2, -0.15) is 0 Å². The molecule has 1 aliphatic rings. The normalized spacial score (nSPS) is 15.0. The van der Waals surface area contributed by atoms with E-state index in [2.05, 4.69) is 17.6 Å². The lowest BCUT2D eigenvalue weighted by atomic mass is 9.94. The molecule has 7 heteroatoms. The summed E-state index contributed by atoms with van der Waals surface area (Å²) in [5, 5.41) is 5.86. The first kappa shape index (κ1) is 31.6. The number of carbonyl (C=O) groups excluding carboxylic acids is 3. The number of benzene rings is 1. The number of nitrogens with one attached hydrogen (secondary N) is 2. The summed E-state index contributed by atoms with van der Waals surface area (Å²) in [5.74, 6) is -0.428. The monoisotopic (exact) mass is 529 g/mol. The smallest absolute Gasteiger partial charge is 0.408 e. The van der Waals surface area contributed by atoms with Gasteiger partial charge in [-0.1, -0.05) is 76.5 Å². The van der Waals surface area contributed by atoms with Crippen molar-refractivity contribution in [3.05, 3.63) is 34.9 Å². The van der Waals surface area contributed by atoms with Gasteiger partial charge in [-0.15, -0.1) is 0 Å². The van der Waals surface area contributed by atoms with Crippen molar-refractivity contribution in [1.29, 1.82) is 0 Å². The summed E-state index contributed by atoms with van der Waals surface area (Å²) in [4.78, 5) is 41.4. The van der Waals surface area contributed by atoms with Gasteiger partial charge in [0.25, 0.3) is 0 Å². The van der Waals surface area contributed by atoms with E-state index in [4.69, 9.17) is 4.74 Å². The molecule has 0 bridgehead atoms. The minimum Gasteiger partial charge on any atom is -0.444 e. The average Bonchev–Trinajstić information content (AvgIpc) is 2.85. The SMILES string of the molecule is CCCCCCCCN(C(=O)CNC(=O)OC(C)(C)C)C(C(=O)NC1CCCCC1)c1ccc(C)c(C)c1. The Morgan fingerprint density at radius 1 is 0.974 bits per heavy atom. The van der Waals surface area contributed by atoms with Crippen LogP contribution in [0.4, 0.5) is 4.79 Å². The Kier molecular flexibility index (Phi) is 13.1. The van der Waals surface area contributed by atoms with Crippen molar-refractivity contribution in [1.82, 2.24) is 15.5 Å². The van der Waals surface area contributed by atoms with E-state index < -0.39 is 17.7 Å². The molecule has 7 nitrogen and oxygen atoms in total. The number of carbonyl (C=O) groups is 3. The second-order valence-electron chi connectivity index (χ2n) is 11.8. The number of unbranched alkanes of at least 4 members (excludes halogenated alkanes) is 5. The van der Waals surface area contributed by atoms with Crippen molar-refractivity contribution in [2.45, 2.75) is 130 Å². The topological polar surface area (TPSA) is 87.7 Å². The number of ether oxygens (including phenoxy) is 1. The molecular weight excluding hydrogens is 478 g/mol. The fraction of sp³-hybridized carbons (Fsp3) is 0.710. The maximum atomic E-state index is 13.8. The van der Waals surface area contributed by atoms with Crippen molar-refractivity contribution >= 4 is 17.9 Å². The molecule has 1 atom stereocenters. The lowest BCUT2D eigenvalue weighted by Gasteiger charge is -2.34. The third-order valence-electron chi connectivity index (χ3n) is 7.21. The van der Waals surface area contributed by atoms with E-state index in [0.717, 1.165) is 61.6 Å². The number of hydrogen-bond acceptors (Lipinski definition) is 4. The molecule has 1 aromatic carbocycles. The summed E-state index contributed by atoms with van der Waals surface area (Å²) < 4.78 is 5.33. The van der Waals surface area contributed by atoms with Gasteiger partial charge in [0.1, 0.15) is 18.2 Å². The maximum Gasteiger partial charge on any atom is 0.408 e. The molecule has 0 saturated heterocycles. The Balaban J connectivity index is 2.28. The van der Waals surface area contributed by atoms with E-state index in [9.17, 15) is 14.4 Å². The maximum absolute atomic E-state index is 13.8. The third-order valence-corrected chi connectivity index (χ3v) is 7.21.